The van der Waals surface area contributed by atoms with Crippen LogP contribution in [0.3, 0.4) is 0 Å². The van der Waals surface area contributed by atoms with Crippen LogP contribution in [0.25, 0.3) is 6.08 Å². The van der Waals surface area contributed by atoms with E-state index in [1.54, 1.807) is 6.07 Å². The first kappa shape index (κ1) is 28.5. The van der Waals surface area contributed by atoms with Gasteiger partial charge in [0.15, 0.2) is 0 Å². The minimum atomic E-state index is -4.35. The molecule has 206 valence electrons. The number of thioether (sulfide) groups is 1. The number of nitrogens with zero attached hydrogens (tertiary/aromatic N) is 2. The lowest BCUT2D eigenvalue weighted by Gasteiger charge is -2.14. The lowest BCUT2D eigenvalue weighted by atomic mass is 10.1. The molecule has 1 heterocycles. The molecule has 0 unspecified atom stereocenters. The first-order valence-electron chi connectivity index (χ1n) is 11.8. The minimum absolute atomic E-state index is 0.0587. The van der Waals surface area contributed by atoms with E-state index in [2.05, 4.69) is 5.32 Å². The van der Waals surface area contributed by atoms with Crippen molar-refractivity contribution in [2.45, 2.75) is 25.7 Å². The maximum absolute atomic E-state index is 12.8. The van der Waals surface area contributed by atoms with Crippen molar-refractivity contribution in [3.63, 3.8) is 0 Å². The van der Waals surface area contributed by atoms with Gasteiger partial charge in [0.25, 0.3) is 16.8 Å². The second-order valence-electron chi connectivity index (χ2n) is 8.95. The maximum atomic E-state index is 12.8. The van der Waals surface area contributed by atoms with Gasteiger partial charge in [0.2, 0.25) is 5.91 Å². The number of nitro benzene ring substituents is 1. The fraction of sp³-hybridized carbons (Fsp3) is 0.148. The molecule has 3 amide bonds. The SMILES string of the molecule is Cc1ccc(NC(=O)CN2C(=O)S/C(=C\c3ccc(OS(=O)(=O)c4ccc(C)c([N+](=O)[O-])c4)cc3)C2=O)c(C)c1. The normalized spacial score (nSPS) is 14.5. The van der Waals surface area contributed by atoms with E-state index in [0.29, 0.717) is 28.6 Å². The van der Waals surface area contributed by atoms with Crippen molar-refractivity contribution in [1.29, 1.82) is 0 Å². The molecule has 0 radical (unpaired) electrons. The predicted molar refractivity (Wildman–Crippen MR) is 149 cm³/mol. The number of benzene rings is 3. The first-order chi connectivity index (χ1) is 18.8. The molecule has 1 saturated heterocycles. The summed E-state index contributed by atoms with van der Waals surface area (Å²) in [5, 5.41) is 13.3. The first-order valence-corrected chi connectivity index (χ1v) is 14.0. The molecular weight excluding hydrogens is 558 g/mol. The molecule has 1 fully saturated rings. The second kappa shape index (κ2) is 11.3. The highest BCUT2D eigenvalue weighted by atomic mass is 32.2. The molecule has 0 atom stereocenters. The summed E-state index contributed by atoms with van der Waals surface area (Å²) in [6.07, 6.45) is 1.44. The Morgan fingerprint density at radius 3 is 2.38 bits per heavy atom. The zero-order valence-electron chi connectivity index (χ0n) is 21.5. The molecule has 0 aliphatic carbocycles. The molecular formula is C27H23N3O8S2. The number of hydrogen-bond donors (Lipinski definition) is 1. The van der Waals surface area contributed by atoms with E-state index in [0.717, 1.165) is 22.1 Å². The van der Waals surface area contributed by atoms with E-state index < -0.39 is 38.6 Å². The van der Waals surface area contributed by atoms with Crippen molar-refractivity contribution in [3.8, 4) is 5.75 Å². The van der Waals surface area contributed by atoms with Crippen molar-refractivity contribution in [3.05, 3.63) is 97.9 Å². The van der Waals surface area contributed by atoms with Gasteiger partial charge in [-0.1, -0.05) is 35.9 Å². The monoisotopic (exact) mass is 581 g/mol. The Balaban J connectivity index is 1.43. The summed E-state index contributed by atoms with van der Waals surface area (Å²) in [5.74, 6) is -1.21. The molecule has 1 aliphatic rings. The molecule has 0 aromatic heterocycles. The highest BCUT2D eigenvalue weighted by Crippen LogP contribution is 2.33. The lowest BCUT2D eigenvalue weighted by molar-refractivity contribution is -0.385. The molecule has 0 bridgehead atoms. The zero-order chi connectivity index (χ0) is 29.2. The Morgan fingerprint density at radius 1 is 1.02 bits per heavy atom. The van der Waals surface area contributed by atoms with E-state index in [1.165, 1.54) is 49.4 Å². The second-order valence-corrected chi connectivity index (χ2v) is 11.5. The number of carbonyl (C=O) groups excluding carboxylic acids is 3. The van der Waals surface area contributed by atoms with Crippen LogP contribution in [0.4, 0.5) is 16.2 Å². The summed E-state index contributed by atoms with van der Waals surface area (Å²) in [4.78, 5) is 48.8. The Bertz CT molecular complexity index is 1680. The Labute approximate surface area is 234 Å². The molecule has 1 N–H and O–H groups in total. The number of rotatable bonds is 8. The van der Waals surface area contributed by atoms with Gasteiger partial charge in [0.1, 0.15) is 17.2 Å². The third-order valence-corrected chi connectivity index (χ3v) is 8.03. The summed E-state index contributed by atoms with van der Waals surface area (Å²) >= 11 is 0.683. The average molecular weight is 582 g/mol. The minimum Gasteiger partial charge on any atom is -0.379 e. The van der Waals surface area contributed by atoms with E-state index in [-0.39, 0.29) is 21.2 Å². The van der Waals surface area contributed by atoms with Gasteiger partial charge in [0, 0.05) is 17.3 Å². The van der Waals surface area contributed by atoms with Crippen molar-refractivity contribution < 1.29 is 31.9 Å². The molecule has 4 rings (SSSR count). The Hall–Kier alpha value is -4.49. The van der Waals surface area contributed by atoms with Crippen LogP contribution in [0.2, 0.25) is 0 Å². The smallest absolute Gasteiger partial charge is 0.339 e. The van der Waals surface area contributed by atoms with Gasteiger partial charge in [-0.3, -0.25) is 29.4 Å². The van der Waals surface area contributed by atoms with Crippen LogP contribution in [0.5, 0.6) is 5.75 Å². The number of nitrogens with one attached hydrogen (secondary N) is 1. The van der Waals surface area contributed by atoms with Crippen LogP contribution in [0.1, 0.15) is 22.3 Å². The summed E-state index contributed by atoms with van der Waals surface area (Å²) in [6, 6.07) is 14.6. The van der Waals surface area contributed by atoms with Gasteiger partial charge in [-0.05, 0) is 74.0 Å². The summed E-state index contributed by atoms with van der Waals surface area (Å²) < 4.78 is 30.3. The quantitative estimate of drug-likeness (QED) is 0.168. The Morgan fingerprint density at radius 2 is 1.73 bits per heavy atom. The standard InChI is InChI=1S/C27H23N3O8S2/c1-16-4-11-22(18(3)12-16)28-25(31)15-29-26(32)24(39-27(29)33)13-19-6-8-20(9-7-19)38-40(36,37)21-10-5-17(2)23(14-21)30(34)35/h4-14H,15H2,1-3H3,(H,28,31)/b24-13-. The van der Waals surface area contributed by atoms with E-state index in [1.807, 2.05) is 26.0 Å². The highest BCUT2D eigenvalue weighted by Gasteiger charge is 2.36. The van der Waals surface area contributed by atoms with Gasteiger partial charge >= 0.3 is 10.1 Å². The van der Waals surface area contributed by atoms with E-state index >= 15 is 0 Å². The molecule has 3 aromatic carbocycles. The lowest BCUT2D eigenvalue weighted by Crippen LogP contribution is -2.36. The van der Waals surface area contributed by atoms with Gasteiger partial charge in [-0.25, -0.2) is 0 Å². The predicted octanol–water partition coefficient (Wildman–Crippen LogP) is 4.96. The van der Waals surface area contributed by atoms with Crippen LogP contribution in [-0.4, -0.2) is 41.8 Å². The molecule has 11 nitrogen and oxygen atoms in total. The third kappa shape index (κ3) is 6.38. The fourth-order valence-corrected chi connectivity index (χ4v) is 5.60. The van der Waals surface area contributed by atoms with Crippen LogP contribution < -0.4 is 9.50 Å². The van der Waals surface area contributed by atoms with Gasteiger partial charge in [0.05, 0.1) is 9.83 Å². The number of nitro groups is 1. The molecule has 3 aromatic rings. The van der Waals surface area contributed by atoms with Crippen molar-refractivity contribution >= 4 is 56.4 Å². The summed E-state index contributed by atoms with van der Waals surface area (Å²) in [7, 11) is -4.35. The Kier molecular flexibility index (Phi) is 8.07. The van der Waals surface area contributed by atoms with E-state index in [9.17, 15) is 32.9 Å². The molecule has 0 spiro atoms. The van der Waals surface area contributed by atoms with Crippen LogP contribution in [0.15, 0.2) is 70.5 Å². The average Bonchev–Trinajstić information content (AvgIpc) is 3.14. The zero-order valence-corrected chi connectivity index (χ0v) is 23.2. The molecule has 0 saturated carbocycles. The van der Waals surface area contributed by atoms with Crippen LogP contribution >= 0.6 is 11.8 Å². The van der Waals surface area contributed by atoms with Gasteiger partial charge < -0.3 is 9.50 Å². The number of hydrogen-bond acceptors (Lipinski definition) is 9. The number of amides is 3. The van der Waals surface area contributed by atoms with Crippen LogP contribution in [0, 0.1) is 30.9 Å². The number of imide groups is 1. The molecule has 40 heavy (non-hydrogen) atoms. The largest absolute Gasteiger partial charge is 0.379 e. The topological polar surface area (TPSA) is 153 Å². The summed E-state index contributed by atoms with van der Waals surface area (Å²) in [6.45, 7) is 4.81. The third-order valence-electron chi connectivity index (χ3n) is 5.88. The number of aryl methyl sites for hydroxylation is 3. The van der Waals surface area contributed by atoms with Crippen molar-refractivity contribution in [1.82, 2.24) is 4.90 Å². The fourth-order valence-electron chi connectivity index (χ4n) is 3.81. The van der Waals surface area contributed by atoms with Crippen LogP contribution in [-0.2, 0) is 19.7 Å². The number of anilines is 1. The van der Waals surface area contributed by atoms with Gasteiger partial charge in [-0.15, -0.1) is 0 Å². The highest BCUT2D eigenvalue weighted by molar-refractivity contribution is 8.18. The number of carbonyl (C=O) groups is 3. The molecule has 13 heteroatoms. The maximum Gasteiger partial charge on any atom is 0.339 e. The summed E-state index contributed by atoms with van der Waals surface area (Å²) in [5.41, 5.74) is 2.90. The van der Waals surface area contributed by atoms with Gasteiger partial charge in [-0.2, -0.15) is 8.42 Å². The van der Waals surface area contributed by atoms with Crippen molar-refractivity contribution in [2.75, 3.05) is 11.9 Å². The van der Waals surface area contributed by atoms with Crippen molar-refractivity contribution in [2.24, 2.45) is 0 Å². The van der Waals surface area contributed by atoms with E-state index in [4.69, 9.17) is 4.18 Å². The molecule has 1 aliphatic heterocycles.